The molecule has 1 amide bonds. The Bertz CT molecular complexity index is 596. The summed E-state index contributed by atoms with van der Waals surface area (Å²) in [5, 5.41) is 6.18. The van der Waals surface area contributed by atoms with E-state index in [1.807, 2.05) is 27.7 Å². The van der Waals surface area contributed by atoms with Gasteiger partial charge in [-0.15, -0.1) is 0 Å². The van der Waals surface area contributed by atoms with Crippen LogP contribution in [0.2, 0.25) is 0 Å². The lowest BCUT2D eigenvalue weighted by molar-refractivity contribution is -0.135. The summed E-state index contributed by atoms with van der Waals surface area (Å²) in [6, 6.07) is -0.865. The van der Waals surface area contributed by atoms with Crippen molar-refractivity contribution in [3.8, 4) is 0 Å². The molecule has 0 aromatic heterocycles. The van der Waals surface area contributed by atoms with Crippen LogP contribution >= 0.6 is 0 Å². The molecule has 1 saturated heterocycles. The third kappa shape index (κ3) is 7.15. The highest BCUT2D eigenvalue weighted by molar-refractivity contribution is 5.97. The van der Waals surface area contributed by atoms with Crippen LogP contribution < -0.4 is 10.6 Å². The number of hydrogen-bond donors (Lipinski definition) is 2. The SMILES string of the molecule is COC[C@H](NC(C)C)C(=O)C[C@H](C(=O)N[C@@H](CC(C)C)C(=O)[C@@]1(C)CO1)C1CC1. The first-order valence-corrected chi connectivity index (χ1v) is 10.8. The molecule has 2 aliphatic rings. The molecule has 2 rings (SSSR count). The third-order valence-electron chi connectivity index (χ3n) is 5.64. The highest BCUT2D eigenvalue weighted by Crippen LogP contribution is 2.39. The van der Waals surface area contributed by atoms with Crippen LogP contribution in [0.5, 0.6) is 0 Å². The Morgan fingerprint density at radius 2 is 1.76 bits per heavy atom. The van der Waals surface area contributed by atoms with Crippen LogP contribution in [-0.2, 0) is 23.9 Å². The van der Waals surface area contributed by atoms with Gasteiger partial charge in [0.25, 0.3) is 0 Å². The first kappa shape index (κ1) is 24.0. The van der Waals surface area contributed by atoms with Crippen molar-refractivity contribution >= 4 is 17.5 Å². The summed E-state index contributed by atoms with van der Waals surface area (Å²) in [5.74, 6) is -0.204. The molecule has 0 aromatic rings. The molecule has 29 heavy (non-hydrogen) atoms. The third-order valence-corrected chi connectivity index (χ3v) is 5.64. The molecule has 166 valence electrons. The summed E-state index contributed by atoms with van der Waals surface area (Å²) >= 11 is 0. The van der Waals surface area contributed by atoms with E-state index in [0.717, 1.165) is 12.8 Å². The van der Waals surface area contributed by atoms with E-state index in [1.165, 1.54) is 0 Å². The van der Waals surface area contributed by atoms with Gasteiger partial charge in [-0.3, -0.25) is 14.4 Å². The smallest absolute Gasteiger partial charge is 0.224 e. The highest BCUT2D eigenvalue weighted by Gasteiger charge is 2.50. The van der Waals surface area contributed by atoms with Crippen molar-refractivity contribution in [1.29, 1.82) is 0 Å². The van der Waals surface area contributed by atoms with E-state index in [0.29, 0.717) is 13.0 Å². The number of carbonyl (C=O) groups is 3. The van der Waals surface area contributed by atoms with Crippen molar-refractivity contribution in [2.75, 3.05) is 20.3 Å². The molecule has 1 aliphatic carbocycles. The van der Waals surface area contributed by atoms with E-state index in [4.69, 9.17) is 9.47 Å². The molecule has 1 heterocycles. The molecule has 0 spiro atoms. The largest absolute Gasteiger partial charge is 0.383 e. The second-order valence-electron chi connectivity index (χ2n) is 9.52. The predicted octanol–water partition coefficient (Wildman–Crippen LogP) is 1.87. The highest BCUT2D eigenvalue weighted by atomic mass is 16.6. The summed E-state index contributed by atoms with van der Waals surface area (Å²) in [7, 11) is 1.57. The zero-order chi connectivity index (χ0) is 21.8. The van der Waals surface area contributed by atoms with Crippen LogP contribution in [-0.4, -0.2) is 61.5 Å². The van der Waals surface area contributed by atoms with Crippen LogP contribution in [0.4, 0.5) is 0 Å². The van der Waals surface area contributed by atoms with Gasteiger partial charge in [0.05, 0.1) is 25.3 Å². The summed E-state index contributed by atoms with van der Waals surface area (Å²) in [6.07, 6.45) is 2.62. The van der Waals surface area contributed by atoms with E-state index in [2.05, 4.69) is 10.6 Å². The quantitative estimate of drug-likeness (QED) is 0.425. The Hall–Kier alpha value is -1.31. The molecule has 0 unspecified atom stereocenters. The Balaban J connectivity index is 2.05. The predicted molar refractivity (Wildman–Crippen MR) is 111 cm³/mol. The monoisotopic (exact) mass is 410 g/mol. The van der Waals surface area contributed by atoms with Gasteiger partial charge < -0.3 is 20.1 Å². The van der Waals surface area contributed by atoms with Gasteiger partial charge in [0.1, 0.15) is 5.60 Å². The van der Waals surface area contributed by atoms with Crippen LogP contribution in [0.15, 0.2) is 0 Å². The second kappa shape index (κ2) is 10.1. The molecule has 1 saturated carbocycles. The molecular weight excluding hydrogens is 372 g/mol. The topological polar surface area (TPSA) is 97.0 Å². The van der Waals surface area contributed by atoms with Crippen molar-refractivity contribution < 1.29 is 23.9 Å². The van der Waals surface area contributed by atoms with Gasteiger partial charge in [-0.1, -0.05) is 27.7 Å². The van der Waals surface area contributed by atoms with Crippen molar-refractivity contribution in [2.24, 2.45) is 17.8 Å². The summed E-state index contributed by atoms with van der Waals surface area (Å²) in [4.78, 5) is 38.8. The average molecular weight is 411 g/mol. The molecule has 0 radical (unpaired) electrons. The van der Waals surface area contributed by atoms with Gasteiger partial charge in [0.15, 0.2) is 11.6 Å². The molecule has 2 N–H and O–H groups in total. The van der Waals surface area contributed by atoms with Crippen molar-refractivity contribution in [2.45, 2.75) is 84.0 Å². The van der Waals surface area contributed by atoms with Gasteiger partial charge in [-0.05, 0) is 38.0 Å². The molecule has 7 heteroatoms. The minimum Gasteiger partial charge on any atom is -0.383 e. The second-order valence-corrected chi connectivity index (χ2v) is 9.52. The number of Topliss-reactive ketones (excluding diaryl/α,β-unsaturated/α-hetero) is 2. The maximum atomic E-state index is 13.1. The zero-order valence-electron chi connectivity index (χ0n) is 18.7. The molecular formula is C22H38N2O5. The number of amides is 1. The van der Waals surface area contributed by atoms with E-state index < -0.39 is 23.6 Å². The number of epoxide rings is 1. The van der Waals surface area contributed by atoms with Crippen molar-refractivity contribution in [3.63, 3.8) is 0 Å². The van der Waals surface area contributed by atoms with Gasteiger partial charge in [0.2, 0.25) is 5.91 Å². The van der Waals surface area contributed by atoms with E-state index in [9.17, 15) is 14.4 Å². The van der Waals surface area contributed by atoms with E-state index in [1.54, 1.807) is 14.0 Å². The van der Waals surface area contributed by atoms with Gasteiger partial charge in [-0.2, -0.15) is 0 Å². The molecule has 1 aliphatic heterocycles. The van der Waals surface area contributed by atoms with E-state index in [-0.39, 0.29) is 48.4 Å². The first-order valence-electron chi connectivity index (χ1n) is 10.8. The first-order chi connectivity index (χ1) is 13.6. The summed E-state index contributed by atoms with van der Waals surface area (Å²) in [5.41, 5.74) is -0.775. The van der Waals surface area contributed by atoms with Crippen LogP contribution in [0.25, 0.3) is 0 Å². The fraction of sp³-hybridized carbons (Fsp3) is 0.864. The number of ether oxygens (including phenoxy) is 2. The summed E-state index contributed by atoms with van der Waals surface area (Å²) in [6.45, 7) is 10.5. The molecule has 0 aromatic carbocycles. The van der Waals surface area contributed by atoms with Gasteiger partial charge in [-0.25, -0.2) is 0 Å². The lowest BCUT2D eigenvalue weighted by Gasteiger charge is -2.25. The molecule has 7 nitrogen and oxygen atoms in total. The van der Waals surface area contributed by atoms with Gasteiger partial charge in [0, 0.05) is 25.5 Å². The van der Waals surface area contributed by atoms with Crippen molar-refractivity contribution in [1.82, 2.24) is 10.6 Å². The number of methoxy groups -OCH3 is 1. The number of hydrogen-bond acceptors (Lipinski definition) is 6. The number of rotatable bonds is 14. The minimum absolute atomic E-state index is 0.0168. The minimum atomic E-state index is -0.775. The number of carbonyl (C=O) groups excluding carboxylic acids is 3. The van der Waals surface area contributed by atoms with Gasteiger partial charge >= 0.3 is 0 Å². The van der Waals surface area contributed by atoms with E-state index >= 15 is 0 Å². The maximum absolute atomic E-state index is 13.1. The van der Waals surface area contributed by atoms with Crippen molar-refractivity contribution in [3.05, 3.63) is 0 Å². The molecule has 0 bridgehead atoms. The van der Waals surface area contributed by atoms with Crippen LogP contribution in [0.3, 0.4) is 0 Å². The average Bonchev–Trinajstić information content (AvgIpc) is 3.54. The Morgan fingerprint density at radius 3 is 2.21 bits per heavy atom. The Kier molecular flexibility index (Phi) is 8.37. The lowest BCUT2D eigenvalue weighted by atomic mass is 9.90. The lowest BCUT2D eigenvalue weighted by Crippen LogP contribution is -2.50. The molecule has 4 atom stereocenters. The Morgan fingerprint density at radius 1 is 1.14 bits per heavy atom. The maximum Gasteiger partial charge on any atom is 0.224 e. The van der Waals surface area contributed by atoms with Crippen LogP contribution in [0.1, 0.15) is 60.3 Å². The van der Waals surface area contributed by atoms with Crippen LogP contribution in [0, 0.1) is 17.8 Å². The number of ketones is 2. The normalized spacial score (nSPS) is 24.3. The Labute approximate surface area is 174 Å². The fourth-order valence-electron chi connectivity index (χ4n) is 3.73. The summed E-state index contributed by atoms with van der Waals surface area (Å²) < 4.78 is 10.5. The number of nitrogens with one attached hydrogen (secondary N) is 2. The fourth-order valence-corrected chi connectivity index (χ4v) is 3.73. The molecule has 2 fully saturated rings. The zero-order valence-corrected chi connectivity index (χ0v) is 18.7. The standard InChI is InChI=1S/C22H38N2O5/c1-13(2)9-17(20(26)22(5)12-29-22)24-21(27)16(15-7-8-15)10-19(25)18(11-28-6)23-14(3)4/h13-18,23H,7-12H2,1-6H3,(H,24,27)/t16-,17-,18-,22+/m0/s1.